The van der Waals surface area contributed by atoms with E-state index in [-0.39, 0.29) is 11.9 Å². The molecule has 0 atom stereocenters. The van der Waals surface area contributed by atoms with Crippen molar-refractivity contribution in [3.63, 3.8) is 0 Å². The Bertz CT molecular complexity index is 507. The Balaban J connectivity index is 2.56. The van der Waals surface area contributed by atoms with E-state index in [1.807, 2.05) is 0 Å². The number of hydrogen-bond acceptors (Lipinski definition) is 2. The van der Waals surface area contributed by atoms with Gasteiger partial charge in [-0.1, -0.05) is 71.3 Å². The van der Waals surface area contributed by atoms with E-state index in [0.717, 1.165) is 12.8 Å². The number of amides is 1. The van der Waals surface area contributed by atoms with E-state index < -0.39 is 0 Å². The molecule has 0 radical (unpaired) electrons. The molecule has 3 nitrogen and oxygen atoms in total. The van der Waals surface area contributed by atoms with Gasteiger partial charge in [0.05, 0.1) is 11.6 Å². The third-order valence-electron chi connectivity index (χ3n) is 4.40. The summed E-state index contributed by atoms with van der Waals surface area (Å²) in [4.78, 5) is 12.5. The molecule has 132 valence electrons. The molecule has 0 spiro atoms. The van der Waals surface area contributed by atoms with E-state index in [1.54, 1.807) is 24.3 Å². The fourth-order valence-corrected chi connectivity index (χ4v) is 2.92. The van der Waals surface area contributed by atoms with Crippen molar-refractivity contribution >= 4 is 5.91 Å². The normalized spacial score (nSPS) is 10.6. The molecule has 0 heterocycles. The summed E-state index contributed by atoms with van der Waals surface area (Å²) < 4.78 is 0. The van der Waals surface area contributed by atoms with Gasteiger partial charge in [0, 0.05) is 11.6 Å². The van der Waals surface area contributed by atoms with Crippen LogP contribution >= 0.6 is 0 Å². The Hall–Kier alpha value is -1.82. The predicted molar refractivity (Wildman–Crippen MR) is 99.9 cm³/mol. The minimum Gasteiger partial charge on any atom is -0.349 e. The predicted octanol–water partition coefficient (Wildman–Crippen LogP) is 5.60. The largest absolute Gasteiger partial charge is 0.349 e. The summed E-state index contributed by atoms with van der Waals surface area (Å²) in [5.41, 5.74) is 1.12. The molecule has 0 saturated heterocycles. The van der Waals surface area contributed by atoms with Gasteiger partial charge in [-0.15, -0.1) is 0 Å². The summed E-state index contributed by atoms with van der Waals surface area (Å²) in [5.74, 6) is -0.0527. The second kappa shape index (κ2) is 12.6. The van der Waals surface area contributed by atoms with Crippen LogP contribution in [0.15, 0.2) is 24.3 Å². The van der Waals surface area contributed by atoms with Crippen LogP contribution in [0.2, 0.25) is 0 Å². The second-order valence-corrected chi connectivity index (χ2v) is 6.56. The molecule has 1 rings (SSSR count). The van der Waals surface area contributed by atoms with Crippen molar-refractivity contribution in [3.05, 3.63) is 35.4 Å². The van der Waals surface area contributed by atoms with Crippen LogP contribution < -0.4 is 5.32 Å². The summed E-state index contributed by atoms with van der Waals surface area (Å²) in [6.45, 7) is 4.43. The lowest BCUT2D eigenvalue weighted by atomic mass is 10.0. The summed E-state index contributed by atoms with van der Waals surface area (Å²) in [6, 6.07) is 9.28. The molecule has 1 N–H and O–H groups in total. The molecule has 0 fully saturated rings. The first-order valence-corrected chi connectivity index (χ1v) is 9.52. The molecular formula is C21H32N2O. The van der Waals surface area contributed by atoms with E-state index in [1.165, 1.54) is 51.4 Å². The molecule has 1 amide bonds. The second-order valence-electron chi connectivity index (χ2n) is 6.56. The van der Waals surface area contributed by atoms with Crippen molar-refractivity contribution in [2.24, 2.45) is 0 Å². The number of carbonyl (C=O) groups excluding carboxylic acids is 1. The summed E-state index contributed by atoms with van der Waals surface area (Å²) >= 11 is 0. The molecule has 0 aromatic heterocycles. The van der Waals surface area contributed by atoms with Crippen LogP contribution in [0.4, 0.5) is 0 Å². The zero-order valence-corrected chi connectivity index (χ0v) is 15.3. The van der Waals surface area contributed by atoms with Gasteiger partial charge in [0.1, 0.15) is 0 Å². The lowest BCUT2D eigenvalue weighted by Gasteiger charge is -2.19. The molecular weight excluding hydrogens is 296 g/mol. The van der Waals surface area contributed by atoms with Gasteiger partial charge in [0.2, 0.25) is 0 Å². The quantitative estimate of drug-likeness (QED) is 0.508. The number of benzene rings is 1. The van der Waals surface area contributed by atoms with E-state index in [4.69, 9.17) is 5.26 Å². The first-order chi connectivity index (χ1) is 11.7. The van der Waals surface area contributed by atoms with Gasteiger partial charge < -0.3 is 5.32 Å². The molecule has 0 unspecified atom stereocenters. The van der Waals surface area contributed by atoms with E-state index in [2.05, 4.69) is 25.2 Å². The van der Waals surface area contributed by atoms with Crippen LogP contribution in [0, 0.1) is 11.3 Å². The molecule has 3 heteroatoms. The first-order valence-electron chi connectivity index (χ1n) is 9.52. The number of nitrogens with zero attached hydrogens (tertiary/aromatic N) is 1. The maximum Gasteiger partial charge on any atom is 0.251 e. The first kappa shape index (κ1) is 20.2. The van der Waals surface area contributed by atoms with Gasteiger partial charge in [-0.3, -0.25) is 4.79 Å². The lowest BCUT2D eigenvalue weighted by Crippen LogP contribution is -2.34. The number of nitrogens with one attached hydrogen (secondary N) is 1. The fourth-order valence-electron chi connectivity index (χ4n) is 2.92. The lowest BCUT2D eigenvalue weighted by molar-refractivity contribution is 0.0931. The zero-order valence-electron chi connectivity index (χ0n) is 15.3. The van der Waals surface area contributed by atoms with Gasteiger partial charge >= 0.3 is 0 Å². The number of hydrogen-bond donors (Lipinski definition) is 1. The fraction of sp³-hybridized carbons (Fsp3) is 0.619. The maximum absolute atomic E-state index is 12.5. The maximum atomic E-state index is 12.5. The highest BCUT2D eigenvalue weighted by Crippen LogP contribution is 2.14. The number of rotatable bonds is 12. The molecule has 0 aliphatic rings. The third kappa shape index (κ3) is 8.15. The van der Waals surface area contributed by atoms with Crippen LogP contribution in [-0.2, 0) is 0 Å². The topological polar surface area (TPSA) is 52.9 Å². The minimum absolute atomic E-state index is 0.0527. The minimum atomic E-state index is -0.0527. The number of unbranched alkanes of at least 4 members (excludes halogenated alkanes) is 6. The van der Waals surface area contributed by atoms with E-state index in [9.17, 15) is 4.79 Å². The summed E-state index contributed by atoms with van der Waals surface area (Å²) in [7, 11) is 0. The van der Waals surface area contributed by atoms with Crippen LogP contribution in [0.1, 0.15) is 94.0 Å². The van der Waals surface area contributed by atoms with Gasteiger partial charge in [-0.05, 0) is 31.0 Å². The molecule has 1 aromatic rings. The highest BCUT2D eigenvalue weighted by Gasteiger charge is 2.14. The molecule has 0 saturated carbocycles. The van der Waals surface area contributed by atoms with Crippen LogP contribution in [-0.4, -0.2) is 11.9 Å². The Morgan fingerprint density at radius 3 is 2.21 bits per heavy atom. The van der Waals surface area contributed by atoms with E-state index in [0.29, 0.717) is 11.1 Å². The van der Waals surface area contributed by atoms with Crippen LogP contribution in [0.3, 0.4) is 0 Å². The van der Waals surface area contributed by atoms with Gasteiger partial charge in [-0.25, -0.2) is 0 Å². The highest BCUT2D eigenvalue weighted by molar-refractivity contribution is 5.94. The zero-order chi connectivity index (χ0) is 17.6. The Morgan fingerprint density at radius 1 is 1.04 bits per heavy atom. The van der Waals surface area contributed by atoms with Gasteiger partial charge in [0.25, 0.3) is 5.91 Å². The molecule has 0 aliphatic heterocycles. The Labute approximate surface area is 147 Å². The third-order valence-corrected chi connectivity index (χ3v) is 4.40. The van der Waals surface area contributed by atoms with Crippen LogP contribution in [0.25, 0.3) is 0 Å². The average molecular weight is 328 g/mol. The Kier molecular flexibility index (Phi) is 10.6. The number of carbonyl (C=O) groups is 1. The van der Waals surface area contributed by atoms with Crippen molar-refractivity contribution in [1.29, 1.82) is 5.26 Å². The summed E-state index contributed by atoms with van der Waals surface area (Å²) in [6.07, 6.45) is 11.9. The smallest absolute Gasteiger partial charge is 0.251 e. The van der Waals surface area contributed by atoms with E-state index >= 15 is 0 Å². The molecule has 0 bridgehead atoms. The van der Waals surface area contributed by atoms with Crippen molar-refractivity contribution in [3.8, 4) is 6.07 Å². The molecule has 1 aromatic carbocycles. The van der Waals surface area contributed by atoms with Crippen molar-refractivity contribution in [1.82, 2.24) is 5.32 Å². The van der Waals surface area contributed by atoms with Gasteiger partial charge in [-0.2, -0.15) is 5.26 Å². The number of nitriles is 1. The standard InChI is InChI=1S/C21H32N2O/c1-3-5-7-9-14-20(15-10-8-6-4-2)23-21(24)19-13-11-12-18(16-19)17-22/h11-13,16,20H,3-10,14-15H2,1-2H3,(H,23,24). The van der Waals surface area contributed by atoms with Crippen molar-refractivity contribution in [2.75, 3.05) is 0 Å². The van der Waals surface area contributed by atoms with Gasteiger partial charge in [0.15, 0.2) is 0 Å². The molecule has 0 aliphatic carbocycles. The summed E-state index contributed by atoms with van der Waals surface area (Å²) in [5, 5.41) is 12.2. The monoisotopic (exact) mass is 328 g/mol. The van der Waals surface area contributed by atoms with Crippen molar-refractivity contribution < 1.29 is 4.79 Å². The average Bonchev–Trinajstić information content (AvgIpc) is 2.62. The SMILES string of the molecule is CCCCCCC(CCCCCC)NC(=O)c1cccc(C#N)c1. The highest BCUT2D eigenvalue weighted by atomic mass is 16.1. The van der Waals surface area contributed by atoms with Crippen LogP contribution in [0.5, 0.6) is 0 Å². The van der Waals surface area contributed by atoms with Crippen molar-refractivity contribution in [2.45, 2.75) is 84.1 Å². The molecule has 24 heavy (non-hydrogen) atoms. The Morgan fingerprint density at radius 2 is 1.67 bits per heavy atom.